The fraction of sp³-hybridized carbons (Fsp3) is 0.500. The first kappa shape index (κ1) is 11.1. The average Bonchev–Trinajstić information content (AvgIpc) is 2.71. The van der Waals surface area contributed by atoms with Crippen LogP contribution in [0.25, 0.3) is 0 Å². The Morgan fingerprint density at radius 2 is 2.20 bits per heavy atom. The van der Waals surface area contributed by atoms with E-state index in [1.54, 1.807) is 0 Å². The summed E-state index contributed by atoms with van der Waals surface area (Å²) >= 11 is 3.55. The molecule has 0 radical (unpaired) electrons. The molecule has 0 bridgehead atoms. The van der Waals surface area contributed by atoms with Crippen LogP contribution >= 0.6 is 15.9 Å². The zero-order valence-corrected chi connectivity index (χ0v) is 10.3. The van der Waals surface area contributed by atoms with E-state index in [1.807, 2.05) is 12.1 Å². The topological polar surface area (TPSA) is 32.3 Å². The van der Waals surface area contributed by atoms with E-state index >= 15 is 0 Å². The van der Waals surface area contributed by atoms with E-state index in [0.29, 0.717) is 0 Å². The third-order valence-corrected chi connectivity index (χ3v) is 3.96. The maximum Gasteiger partial charge on any atom is 0.0503 e. The van der Waals surface area contributed by atoms with Crippen LogP contribution in [-0.2, 0) is 6.42 Å². The fourth-order valence-corrected chi connectivity index (χ4v) is 2.61. The monoisotopic (exact) mass is 269 g/mol. The van der Waals surface area contributed by atoms with Crippen molar-refractivity contribution in [1.29, 1.82) is 0 Å². The van der Waals surface area contributed by atoms with Gasteiger partial charge in [-0.2, -0.15) is 0 Å². The van der Waals surface area contributed by atoms with Gasteiger partial charge in [0.05, 0.1) is 6.61 Å². The number of nitrogens with one attached hydrogen (secondary N) is 1. The second-order valence-electron chi connectivity index (χ2n) is 4.35. The van der Waals surface area contributed by atoms with Crippen molar-refractivity contribution in [2.45, 2.75) is 12.8 Å². The van der Waals surface area contributed by atoms with Gasteiger partial charge in [0.25, 0.3) is 0 Å². The molecule has 0 aliphatic carbocycles. The molecule has 1 aliphatic rings. The van der Waals surface area contributed by atoms with Gasteiger partial charge in [0.1, 0.15) is 0 Å². The minimum absolute atomic E-state index is 0.0455. The second-order valence-corrected chi connectivity index (χ2v) is 5.21. The van der Waals surface area contributed by atoms with Gasteiger partial charge in [-0.25, -0.2) is 0 Å². The maximum atomic E-state index is 9.51. The summed E-state index contributed by atoms with van der Waals surface area (Å²) in [5.74, 6) is 0. The fourth-order valence-electron chi connectivity index (χ4n) is 2.18. The van der Waals surface area contributed by atoms with Crippen LogP contribution in [0.4, 0.5) is 0 Å². The molecule has 2 rings (SSSR count). The van der Waals surface area contributed by atoms with Crippen LogP contribution in [-0.4, -0.2) is 24.8 Å². The second kappa shape index (κ2) is 4.64. The lowest BCUT2D eigenvalue weighted by atomic mass is 9.82. The summed E-state index contributed by atoms with van der Waals surface area (Å²) in [6.07, 6.45) is 2.00. The van der Waals surface area contributed by atoms with E-state index < -0.39 is 0 Å². The van der Waals surface area contributed by atoms with E-state index in [9.17, 15) is 5.11 Å². The first-order valence-corrected chi connectivity index (χ1v) is 6.10. The summed E-state index contributed by atoms with van der Waals surface area (Å²) < 4.78 is 1.14. The van der Waals surface area contributed by atoms with Crippen molar-refractivity contribution in [3.63, 3.8) is 0 Å². The highest BCUT2D eigenvalue weighted by molar-refractivity contribution is 9.10. The number of halogens is 1. The Balaban J connectivity index is 2.16. The molecule has 0 amide bonds. The Morgan fingerprint density at radius 1 is 1.40 bits per heavy atom. The molecular formula is C12H16BrNO. The van der Waals surface area contributed by atoms with Gasteiger partial charge in [0.15, 0.2) is 0 Å². The quantitative estimate of drug-likeness (QED) is 0.880. The minimum Gasteiger partial charge on any atom is -0.396 e. The summed E-state index contributed by atoms with van der Waals surface area (Å²) in [5.41, 5.74) is 1.33. The highest BCUT2D eigenvalue weighted by Crippen LogP contribution is 2.31. The number of benzene rings is 1. The number of aliphatic hydroxyl groups is 1. The summed E-state index contributed by atoms with van der Waals surface area (Å²) in [5, 5.41) is 12.8. The molecule has 0 saturated carbocycles. The molecule has 1 unspecified atom stereocenters. The molecule has 15 heavy (non-hydrogen) atoms. The van der Waals surface area contributed by atoms with Gasteiger partial charge in [0, 0.05) is 16.4 Å². The van der Waals surface area contributed by atoms with Crippen LogP contribution < -0.4 is 5.32 Å². The van der Waals surface area contributed by atoms with Gasteiger partial charge in [-0.3, -0.25) is 0 Å². The molecule has 1 aromatic carbocycles. The molecule has 1 aliphatic heterocycles. The van der Waals surface area contributed by atoms with Crippen molar-refractivity contribution < 1.29 is 5.11 Å². The van der Waals surface area contributed by atoms with E-state index in [4.69, 9.17) is 0 Å². The van der Waals surface area contributed by atoms with Crippen LogP contribution in [0.2, 0.25) is 0 Å². The van der Waals surface area contributed by atoms with E-state index in [-0.39, 0.29) is 12.0 Å². The normalized spacial score (nSPS) is 25.7. The summed E-state index contributed by atoms with van der Waals surface area (Å²) in [4.78, 5) is 0. The van der Waals surface area contributed by atoms with Gasteiger partial charge in [-0.05, 0) is 31.0 Å². The van der Waals surface area contributed by atoms with Crippen LogP contribution in [0.15, 0.2) is 28.7 Å². The van der Waals surface area contributed by atoms with Gasteiger partial charge < -0.3 is 10.4 Å². The lowest BCUT2D eigenvalue weighted by Gasteiger charge is -2.26. The third kappa shape index (κ3) is 2.41. The zero-order chi connectivity index (χ0) is 10.7. The molecule has 1 fully saturated rings. The number of rotatable bonds is 3. The highest BCUT2D eigenvalue weighted by atomic mass is 79.9. The molecule has 0 spiro atoms. The van der Waals surface area contributed by atoms with Crippen LogP contribution in [0.1, 0.15) is 12.0 Å². The van der Waals surface area contributed by atoms with Crippen LogP contribution in [0.3, 0.4) is 0 Å². The Bertz CT molecular complexity index is 334. The summed E-state index contributed by atoms with van der Waals surface area (Å²) in [6.45, 7) is 2.21. The SMILES string of the molecule is OCC1(Cc2ccccc2Br)CCNC1. The number of hydrogen-bond acceptors (Lipinski definition) is 2. The molecule has 2 nitrogen and oxygen atoms in total. The van der Waals surface area contributed by atoms with Crippen molar-refractivity contribution in [1.82, 2.24) is 5.32 Å². The molecule has 1 heterocycles. The number of hydrogen-bond donors (Lipinski definition) is 2. The predicted molar refractivity (Wildman–Crippen MR) is 64.9 cm³/mol. The minimum atomic E-state index is 0.0455. The Morgan fingerprint density at radius 3 is 2.80 bits per heavy atom. The standard InChI is InChI=1S/C12H16BrNO/c13-11-4-2-1-3-10(11)7-12(9-15)5-6-14-8-12/h1-4,14-15H,5-9H2. The largest absolute Gasteiger partial charge is 0.396 e. The molecule has 82 valence electrons. The predicted octanol–water partition coefficient (Wildman–Crippen LogP) is 1.96. The van der Waals surface area contributed by atoms with Crippen molar-refractivity contribution in [3.8, 4) is 0 Å². The lowest BCUT2D eigenvalue weighted by molar-refractivity contribution is 0.142. The van der Waals surface area contributed by atoms with E-state index in [0.717, 1.165) is 30.4 Å². The van der Waals surface area contributed by atoms with Gasteiger partial charge in [0.2, 0.25) is 0 Å². The first-order valence-electron chi connectivity index (χ1n) is 5.31. The Hall–Kier alpha value is -0.380. The van der Waals surface area contributed by atoms with Gasteiger partial charge >= 0.3 is 0 Å². The summed E-state index contributed by atoms with van der Waals surface area (Å²) in [6, 6.07) is 8.25. The lowest BCUT2D eigenvalue weighted by Crippen LogP contribution is -2.30. The molecule has 2 N–H and O–H groups in total. The van der Waals surface area contributed by atoms with Crippen molar-refractivity contribution in [2.75, 3.05) is 19.7 Å². The van der Waals surface area contributed by atoms with E-state index in [2.05, 4.69) is 33.4 Å². The third-order valence-electron chi connectivity index (χ3n) is 3.19. The molecular weight excluding hydrogens is 254 g/mol. The van der Waals surface area contributed by atoms with Crippen molar-refractivity contribution >= 4 is 15.9 Å². The molecule has 1 aromatic rings. The highest BCUT2D eigenvalue weighted by Gasteiger charge is 2.33. The van der Waals surface area contributed by atoms with Crippen molar-refractivity contribution in [3.05, 3.63) is 34.3 Å². The van der Waals surface area contributed by atoms with Crippen LogP contribution in [0.5, 0.6) is 0 Å². The smallest absolute Gasteiger partial charge is 0.0503 e. The van der Waals surface area contributed by atoms with Gasteiger partial charge in [-0.15, -0.1) is 0 Å². The van der Waals surface area contributed by atoms with Gasteiger partial charge in [-0.1, -0.05) is 34.1 Å². The number of aliphatic hydroxyl groups excluding tert-OH is 1. The maximum absolute atomic E-state index is 9.51. The first-order chi connectivity index (χ1) is 7.26. The Kier molecular flexibility index (Phi) is 3.44. The molecule has 0 aromatic heterocycles. The average molecular weight is 270 g/mol. The van der Waals surface area contributed by atoms with Crippen LogP contribution in [0, 0.1) is 5.41 Å². The van der Waals surface area contributed by atoms with E-state index in [1.165, 1.54) is 5.56 Å². The molecule has 1 saturated heterocycles. The summed E-state index contributed by atoms with van der Waals surface area (Å²) in [7, 11) is 0. The van der Waals surface area contributed by atoms with Crippen molar-refractivity contribution in [2.24, 2.45) is 5.41 Å². The molecule has 1 atom stereocenters. The molecule has 3 heteroatoms. The zero-order valence-electron chi connectivity index (χ0n) is 8.67. The Labute approximate surface area is 98.8 Å².